The number of Topliss-reactive ketones (excluding diaryl/α,β-unsaturated/α-hetero) is 1. The molecule has 2 fully saturated rings. The number of nitro groups is 1. The van der Waals surface area contributed by atoms with Gasteiger partial charge in [0, 0.05) is 65.7 Å². The second kappa shape index (κ2) is 13.0. The van der Waals surface area contributed by atoms with Gasteiger partial charge in [0.15, 0.2) is 11.6 Å². The number of hydrogen-bond donors (Lipinski definition) is 0. The van der Waals surface area contributed by atoms with Crippen LogP contribution in [0.3, 0.4) is 0 Å². The first-order chi connectivity index (χ1) is 20.2. The van der Waals surface area contributed by atoms with Gasteiger partial charge in [-0.1, -0.05) is 31.4 Å². The van der Waals surface area contributed by atoms with Crippen LogP contribution >= 0.6 is 11.6 Å². The summed E-state index contributed by atoms with van der Waals surface area (Å²) in [7, 11) is 1.55. The van der Waals surface area contributed by atoms with Crippen molar-refractivity contribution in [3.05, 3.63) is 57.9 Å². The number of amides is 1. The largest absolute Gasteiger partial charge is 0.495 e. The first-order valence-electron chi connectivity index (χ1n) is 14.4. The number of pyridine rings is 1. The number of rotatable bonds is 11. The van der Waals surface area contributed by atoms with Crippen molar-refractivity contribution in [2.45, 2.75) is 58.0 Å². The molecule has 0 radical (unpaired) electrons. The molecule has 11 nitrogen and oxygen atoms in total. The lowest BCUT2D eigenvalue weighted by atomic mass is 9.87. The van der Waals surface area contributed by atoms with Crippen LogP contribution in [0.4, 0.5) is 0 Å². The fourth-order valence-corrected chi connectivity index (χ4v) is 6.63. The second-order valence-corrected chi connectivity index (χ2v) is 11.6. The Morgan fingerprint density at radius 3 is 2.60 bits per heavy atom. The Hall–Kier alpha value is -3.86. The van der Waals surface area contributed by atoms with Crippen molar-refractivity contribution in [2.24, 2.45) is 17.8 Å². The molecule has 0 unspecified atom stereocenters. The lowest BCUT2D eigenvalue weighted by Crippen LogP contribution is -2.43. The fourth-order valence-electron chi connectivity index (χ4n) is 6.37. The molecule has 2 aliphatic carbocycles. The lowest BCUT2D eigenvalue weighted by molar-refractivity contribution is -0.490. The molecule has 0 bridgehead atoms. The van der Waals surface area contributed by atoms with Crippen LogP contribution < -0.4 is 4.74 Å². The molecule has 2 aromatic heterocycles. The molecule has 0 spiro atoms. The van der Waals surface area contributed by atoms with Crippen LogP contribution in [0.2, 0.25) is 5.02 Å². The molecule has 1 amide bonds. The summed E-state index contributed by atoms with van der Waals surface area (Å²) >= 11 is 6.44. The van der Waals surface area contributed by atoms with Gasteiger partial charge in [-0.25, -0.2) is 9.67 Å². The quantitative estimate of drug-likeness (QED) is 0.225. The van der Waals surface area contributed by atoms with Gasteiger partial charge in [0.05, 0.1) is 18.7 Å². The maximum absolute atomic E-state index is 13.8. The summed E-state index contributed by atoms with van der Waals surface area (Å²) in [6.07, 6.45) is 7.48. The molecule has 12 heteroatoms. The fraction of sp³-hybridized carbons (Fsp3) is 0.500. The van der Waals surface area contributed by atoms with E-state index in [9.17, 15) is 19.7 Å². The summed E-state index contributed by atoms with van der Waals surface area (Å²) in [5.41, 5.74) is 1.56. The molecular formula is C30H35ClN6O5. The number of methoxy groups -OCH3 is 1. The third-order valence-electron chi connectivity index (χ3n) is 8.60. The minimum atomic E-state index is -0.622. The van der Waals surface area contributed by atoms with Crippen LogP contribution in [0.1, 0.15) is 45.4 Å². The van der Waals surface area contributed by atoms with Crippen LogP contribution in [0, 0.1) is 27.9 Å². The topological polar surface area (TPSA) is 133 Å². The van der Waals surface area contributed by atoms with E-state index in [4.69, 9.17) is 26.4 Å². The number of benzene rings is 1. The van der Waals surface area contributed by atoms with Crippen molar-refractivity contribution in [1.82, 2.24) is 24.6 Å². The number of halogens is 1. The summed E-state index contributed by atoms with van der Waals surface area (Å²) in [5, 5.41) is 16.6. The average Bonchev–Trinajstić information content (AvgIpc) is 3.71. The molecule has 2 aliphatic rings. The molecule has 2 heterocycles. The highest BCUT2D eigenvalue weighted by Gasteiger charge is 2.44. The van der Waals surface area contributed by atoms with Crippen molar-refractivity contribution in [3.63, 3.8) is 0 Å². The molecular weight excluding hydrogens is 560 g/mol. The minimum Gasteiger partial charge on any atom is -0.495 e. The molecule has 42 heavy (non-hydrogen) atoms. The molecule has 0 N–H and O–H groups in total. The van der Waals surface area contributed by atoms with Crippen molar-refractivity contribution in [3.8, 4) is 28.5 Å². The van der Waals surface area contributed by atoms with Gasteiger partial charge in [-0.2, -0.15) is 5.10 Å². The van der Waals surface area contributed by atoms with E-state index in [1.807, 2.05) is 30.0 Å². The van der Waals surface area contributed by atoms with Crippen LogP contribution in [0.15, 0.2) is 42.7 Å². The molecule has 1 aromatic carbocycles. The van der Waals surface area contributed by atoms with E-state index in [1.54, 1.807) is 36.3 Å². The van der Waals surface area contributed by atoms with E-state index in [0.29, 0.717) is 35.5 Å². The predicted molar refractivity (Wildman–Crippen MR) is 156 cm³/mol. The normalized spacial score (nSPS) is 20.6. The van der Waals surface area contributed by atoms with E-state index >= 15 is 0 Å². The molecule has 222 valence electrons. The number of ketones is 1. The number of carbonyl (C=O) groups is 2. The highest BCUT2D eigenvalue weighted by Crippen LogP contribution is 2.37. The summed E-state index contributed by atoms with van der Waals surface area (Å²) in [4.78, 5) is 48.3. The lowest BCUT2D eigenvalue weighted by Gasteiger charge is -2.31. The zero-order chi connectivity index (χ0) is 29.8. The first-order valence-corrected chi connectivity index (χ1v) is 14.8. The first kappa shape index (κ1) is 29.6. The van der Waals surface area contributed by atoms with Crippen molar-refractivity contribution in [2.75, 3.05) is 20.2 Å². The molecule has 3 aromatic rings. The standard InChI is InChI=1S/C30H35ClN6O5/c1-19-15-26(38)23(24(19)18-37(40)41)17-28(39)35(22-5-3-4-6-22)13-14-36-30(21-7-8-27(42-2)25(31)16-21)33-29(34-36)20-9-11-32-12-10-20/h7-12,16,19,22-24H,3-6,13-15,17-18H2,1-2H3/t19-,23-,24+/m1/s1. The maximum atomic E-state index is 13.8. The van der Waals surface area contributed by atoms with Gasteiger partial charge in [-0.05, 0) is 49.1 Å². The number of carbonyl (C=O) groups excluding carboxylic acids is 2. The van der Waals surface area contributed by atoms with Crippen molar-refractivity contribution < 1.29 is 19.2 Å². The predicted octanol–water partition coefficient (Wildman–Crippen LogP) is 4.95. The van der Waals surface area contributed by atoms with Gasteiger partial charge < -0.3 is 9.64 Å². The Bertz CT molecular complexity index is 1440. The third kappa shape index (κ3) is 6.46. The zero-order valence-electron chi connectivity index (χ0n) is 23.8. The summed E-state index contributed by atoms with van der Waals surface area (Å²) in [6.45, 7) is 2.31. The van der Waals surface area contributed by atoms with E-state index in [0.717, 1.165) is 36.8 Å². The van der Waals surface area contributed by atoms with Gasteiger partial charge in [0.1, 0.15) is 11.5 Å². The molecule has 2 saturated carbocycles. The smallest absolute Gasteiger partial charge is 0.223 e. The molecule has 5 rings (SSSR count). The number of nitrogens with zero attached hydrogens (tertiary/aromatic N) is 6. The third-order valence-corrected chi connectivity index (χ3v) is 8.89. The van der Waals surface area contributed by atoms with Crippen molar-refractivity contribution in [1.29, 1.82) is 0 Å². The van der Waals surface area contributed by atoms with E-state index in [-0.39, 0.29) is 48.0 Å². The monoisotopic (exact) mass is 594 g/mol. The van der Waals surface area contributed by atoms with Crippen LogP contribution in [-0.2, 0) is 16.1 Å². The SMILES string of the molecule is COc1ccc(-c2nc(-c3ccncc3)nn2CCN(C(=O)C[C@H]2C(=O)C[C@@H](C)[C@@H]2C[N+](=O)[O-])C2CCCC2)cc1Cl. The van der Waals surface area contributed by atoms with Crippen LogP contribution in [0.25, 0.3) is 22.8 Å². The highest BCUT2D eigenvalue weighted by atomic mass is 35.5. The van der Waals surface area contributed by atoms with Gasteiger partial charge >= 0.3 is 0 Å². The summed E-state index contributed by atoms with van der Waals surface area (Å²) in [6, 6.07) is 9.14. The molecule has 0 saturated heterocycles. The zero-order valence-corrected chi connectivity index (χ0v) is 24.6. The minimum absolute atomic E-state index is 0.00124. The maximum Gasteiger partial charge on any atom is 0.223 e. The van der Waals surface area contributed by atoms with Crippen molar-refractivity contribution >= 4 is 23.3 Å². The van der Waals surface area contributed by atoms with Gasteiger partial charge in [-0.15, -0.1) is 0 Å². The van der Waals surface area contributed by atoms with E-state index in [2.05, 4.69) is 4.98 Å². The van der Waals surface area contributed by atoms with Gasteiger partial charge in [0.2, 0.25) is 12.5 Å². The van der Waals surface area contributed by atoms with Crippen LogP contribution in [-0.4, -0.2) is 67.5 Å². The summed E-state index contributed by atoms with van der Waals surface area (Å²) in [5.74, 6) is 0.320. The molecule has 0 aliphatic heterocycles. The number of aromatic nitrogens is 4. The average molecular weight is 595 g/mol. The van der Waals surface area contributed by atoms with E-state index < -0.39 is 11.8 Å². The Morgan fingerprint density at radius 2 is 1.93 bits per heavy atom. The molecule has 3 atom stereocenters. The second-order valence-electron chi connectivity index (χ2n) is 11.2. The Balaban J connectivity index is 1.42. The Morgan fingerprint density at radius 1 is 1.19 bits per heavy atom. The van der Waals surface area contributed by atoms with E-state index in [1.165, 1.54) is 0 Å². The van der Waals surface area contributed by atoms with Gasteiger partial charge in [0.25, 0.3) is 0 Å². The number of hydrogen-bond acceptors (Lipinski definition) is 8. The van der Waals surface area contributed by atoms with Gasteiger partial charge in [-0.3, -0.25) is 24.7 Å². The Labute approximate surface area is 249 Å². The summed E-state index contributed by atoms with van der Waals surface area (Å²) < 4.78 is 7.09. The highest BCUT2D eigenvalue weighted by molar-refractivity contribution is 6.32. The number of ether oxygens (including phenoxy) is 1. The Kier molecular flexibility index (Phi) is 9.15. The van der Waals surface area contributed by atoms with Crippen LogP contribution in [0.5, 0.6) is 5.75 Å².